The highest BCUT2D eigenvalue weighted by Gasteiger charge is 2.53. The summed E-state index contributed by atoms with van der Waals surface area (Å²) in [7, 11) is 4.59. The minimum atomic E-state index is -0.919. The van der Waals surface area contributed by atoms with E-state index in [4.69, 9.17) is 47.6 Å². The van der Waals surface area contributed by atoms with Gasteiger partial charge in [0.2, 0.25) is 17.7 Å². The minimum Gasteiger partial charge on any atom is -0.480 e. The lowest BCUT2D eigenvalue weighted by Crippen LogP contribution is -2.49. The summed E-state index contributed by atoms with van der Waals surface area (Å²) in [5.41, 5.74) is 4.21. The third-order valence-corrected chi connectivity index (χ3v) is 10.8. The molecule has 4 amide bonds. The van der Waals surface area contributed by atoms with E-state index in [9.17, 15) is 14.4 Å². The third kappa shape index (κ3) is 6.75. The van der Waals surface area contributed by atoms with E-state index < -0.39 is 5.54 Å². The van der Waals surface area contributed by atoms with E-state index in [1.165, 1.54) is 14.2 Å². The van der Waals surface area contributed by atoms with Crippen LogP contribution in [0, 0.1) is 0 Å². The molecule has 4 aromatic rings. The summed E-state index contributed by atoms with van der Waals surface area (Å²) < 4.78 is 11.3. The second-order valence-electron chi connectivity index (χ2n) is 13.3. The molecule has 2 N–H and O–H groups in total. The highest BCUT2D eigenvalue weighted by molar-refractivity contribution is 6.39. The van der Waals surface area contributed by atoms with Gasteiger partial charge in [-0.1, -0.05) is 59.6 Å². The Bertz CT molecular complexity index is 2060. The molecule has 3 fully saturated rings. The van der Waals surface area contributed by atoms with E-state index in [1.54, 1.807) is 19.5 Å². The topological polar surface area (TPSA) is 152 Å². The number of carbonyl (C=O) groups is 3. The van der Waals surface area contributed by atoms with Gasteiger partial charge in [0.1, 0.15) is 16.9 Å². The van der Waals surface area contributed by atoms with E-state index in [2.05, 4.69) is 20.5 Å². The van der Waals surface area contributed by atoms with E-state index in [0.29, 0.717) is 100 Å². The average molecular weight is 746 g/mol. The number of nitrogens with zero attached hydrogens (tertiary/aromatic N) is 6. The molecular formula is C37H38Cl2N8O5. The van der Waals surface area contributed by atoms with Gasteiger partial charge in [-0.3, -0.25) is 29.4 Å². The number of rotatable bonds is 11. The van der Waals surface area contributed by atoms with Crippen molar-refractivity contribution in [1.29, 1.82) is 0 Å². The monoisotopic (exact) mass is 744 g/mol. The van der Waals surface area contributed by atoms with Gasteiger partial charge >= 0.3 is 6.03 Å². The summed E-state index contributed by atoms with van der Waals surface area (Å²) in [4.78, 5) is 58.5. The number of benzene rings is 2. The van der Waals surface area contributed by atoms with Gasteiger partial charge in [-0.2, -0.15) is 0 Å². The van der Waals surface area contributed by atoms with Gasteiger partial charge < -0.3 is 20.1 Å². The molecule has 52 heavy (non-hydrogen) atoms. The first-order chi connectivity index (χ1) is 25.1. The molecule has 0 bridgehead atoms. The molecule has 0 saturated carbocycles. The standard InChI is InChI=1S/C37H38Cl2N8O5/c1-46-35(49)37(45-36(46)50)15-16-47(20-37)19-29-34(52-3)44-28(18-41-29)25-11-6-9-23(32(25)39)22-8-5-10-24(31(22)38)27-17-40-26(33(43-27)51-2)12-4-7-21-13-14-30(48)42-21/h5-6,8-11,17-18,21H,4,7,12-16,19-20H2,1-3H3,(H,42,48)(H,45,50)/t21-,37?/m1/s1. The number of nitrogens with one attached hydrogen (secondary N) is 2. The van der Waals surface area contributed by atoms with Gasteiger partial charge in [0.05, 0.1) is 48.0 Å². The van der Waals surface area contributed by atoms with Crippen LogP contribution in [0.2, 0.25) is 10.0 Å². The fraction of sp³-hybridized carbons (Fsp3) is 0.378. The molecule has 1 unspecified atom stereocenters. The first-order valence-electron chi connectivity index (χ1n) is 17.1. The number of methoxy groups -OCH3 is 2. The molecule has 0 radical (unpaired) electrons. The molecule has 15 heteroatoms. The lowest BCUT2D eigenvalue weighted by molar-refractivity contribution is -0.130. The fourth-order valence-electron chi connectivity index (χ4n) is 7.21. The Morgan fingerprint density at radius 1 is 0.885 bits per heavy atom. The number of urea groups is 1. The summed E-state index contributed by atoms with van der Waals surface area (Å²) in [5.74, 6) is 0.654. The normalized spacial score (nSPS) is 20.1. The molecule has 3 aliphatic rings. The zero-order valence-corrected chi connectivity index (χ0v) is 30.6. The molecule has 13 nitrogen and oxygen atoms in total. The van der Waals surface area contributed by atoms with Gasteiger partial charge in [0.15, 0.2) is 0 Å². The molecule has 2 aromatic carbocycles. The maximum Gasteiger partial charge on any atom is 0.324 e. The van der Waals surface area contributed by atoms with Gasteiger partial charge in [-0.25, -0.2) is 14.8 Å². The van der Waals surface area contributed by atoms with Crippen LogP contribution in [-0.4, -0.2) is 93.5 Å². The van der Waals surface area contributed by atoms with Gasteiger partial charge in [-0.15, -0.1) is 0 Å². The SMILES string of the molecule is COc1nc(-c2cccc(-c3cccc(-c4cnc(CN5CCC6(C5)NC(=O)N(C)C6=O)c(OC)n4)c3Cl)c2Cl)cnc1CCC[C@@H]1CCC(=O)N1. The highest BCUT2D eigenvalue weighted by Crippen LogP contribution is 2.42. The number of ether oxygens (including phenoxy) is 2. The predicted molar refractivity (Wildman–Crippen MR) is 195 cm³/mol. The number of hydrogen-bond donors (Lipinski definition) is 2. The fourth-order valence-corrected chi connectivity index (χ4v) is 7.86. The maximum atomic E-state index is 12.8. The number of aryl methyl sites for hydroxylation is 1. The van der Waals surface area contributed by atoms with Crippen molar-refractivity contribution < 1.29 is 23.9 Å². The average Bonchev–Trinajstić information content (AvgIpc) is 3.82. The van der Waals surface area contributed by atoms with Crippen LogP contribution in [0.5, 0.6) is 11.8 Å². The first-order valence-corrected chi connectivity index (χ1v) is 17.9. The predicted octanol–water partition coefficient (Wildman–Crippen LogP) is 5.32. The molecule has 1 spiro atoms. The van der Waals surface area contributed by atoms with Crippen LogP contribution in [0.1, 0.15) is 43.5 Å². The lowest BCUT2D eigenvalue weighted by atomic mass is 9.98. The zero-order chi connectivity index (χ0) is 36.6. The number of likely N-dealkylation sites (tertiary alicyclic amines) is 1. The molecule has 3 saturated heterocycles. The van der Waals surface area contributed by atoms with Gasteiger partial charge in [0.25, 0.3) is 5.91 Å². The summed E-state index contributed by atoms with van der Waals surface area (Å²) in [6.07, 6.45) is 7.70. The van der Waals surface area contributed by atoms with E-state index >= 15 is 0 Å². The van der Waals surface area contributed by atoms with E-state index in [1.807, 2.05) is 36.4 Å². The van der Waals surface area contributed by atoms with Crippen LogP contribution in [-0.2, 0) is 22.6 Å². The van der Waals surface area contributed by atoms with Gasteiger partial charge in [0, 0.05) is 61.4 Å². The molecule has 7 rings (SSSR count). The van der Waals surface area contributed by atoms with Crippen LogP contribution in [0.25, 0.3) is 33.6 Å². The molecule has 2 atom stereocenters. The molecule has 3 aliphatic heterocycles. The largest absolute Gasteiger partial charge is 0.480 e. The van der Waals surface area contributed by atoms with Crippen molar-refractivity contribution in [3.05, 3.63) is 70.2 Å². The van der Waals surface area contributed by atoms with E-state index in [0.717, 1.165) is 29.9 Å². The van der Waals surface area contributed by atoms with Crippen LogP contribution in [0.15, 0.2) is 48.8 Å². The second-order valence-corrected chi connectivity index (χ2v) is 14.0. The summed E-state index contributed by atoms with van der Waals surface area (Å²) in [5, 5.41) is 6.74. The smallest absolute Gasteiger partial charge is 0.324 e. The number of aromatic nitrogens is 4. The van der Waals surface area contributed by atoms with Crippen molar-refractivity contribution in [1.82, 2.24) is 40.4 Å². The Balaban J connectivity index is 1.10. The van der Waals surface area contributed by atoms with Crippen molar-refractivity contribution in [2.75, 3.05) is 34.4 Å². The zero-order valence-electron chi connectivity index (χ0n) is 29.0. The van der Waals surface area contributed by atoms with Crippen LogP contribution < -0.4 is 20.1 Å². The first kappa shape index (κ1) is 35.5. The number of halogens is 2. The maximum absolute atomic E-state index is 12.8. The number of carbonyl (C=O) groups excluding carboxylic acids is 3. The van der Waals surface area contributed by atoms with Crippen LogP contribution in [0.4, 0.5) is 4.79 Å². The third-order valence-electron chi connectivity index (χ3n) is 9.99. The summed E-state index contributed by atoms with van der Waals surface area (Å²) in [6.45, 7) is 1.36. The number of amides is 4. The minimum absolute atomic E-state index is 0.112. The number of likely N-dealkylation sites (N-methyl/N-ethyl adjacent to an activating group) is 1. The van der Waals surface area contributed by atoms with Crippen molar-refractivity contribution in [3.63, 3.8) is 0 Å². The number of imide groups is 1. The summed E-state index contributed by atoms with van der Waals surface area (Å²) >= 11 is 14.2. The van der Waals surface area contributed by atoms with Crippen molar-refractivity contribution in [3.8, 4) is 45.4 Å². The van der Waals surface area contributed by atoms with Crippen LogP contribution in [0.3, 0.4) is 0 Å². The Morgan fingerprint density at radius 3 is 2.04 bits per heavy atom. The highest BCUT2D eigenvalue weighted by atomic mass is 35.5. The van der Waals surface area contributed by atoms with E-state index in [-0.39, 0.29) is 23.9 Å². The summed E-state index contributed by atoms with van der Waals surface area (Å²) in [6, 6.07) is 11.1. The Kier molecular flexibility index (Phi) is 10.0. The molecule has 270 valence electrons. The Hall–Kier alpha value is -4.85. The molecular weight excluding hydrogens is 707 g/mol. The molecule has 5 heterocycles. The quantitative estimate of drug-likeness (QED) is 0.193. The molecule has 0 aliphatic carbocycles. The lowest BCUT2D eigenvalue weighted by Gasteiger charge is -2.21. The Morgan fingerprint density at radius 2 is 1.48 bits per heavy atom. The van der Waals surface area contributed by atoms with Crippen molar-refractivity contribution in [2.24, 2.45) is 0 Å². The Labute approximate surface area is 311 Å². The van der Waals surface area contributed by atoms with Crippen molar-refractivity contribution in [2.45, 2.75) is 56.7 Å². The van der Waals surface area contributed by atoms with Crippen molar-refractivity contribution >= 4 is 41.0 Å². The van der Waals surface area contributed by atoms with Gasteiger partial charge in [-0.05, 0) is 32.1 Å². The van der Waals surface area contributed by atoms with Crippen LogP contribution >= 0.6 is 23.2 Å². The second kappa shape index (κ2) is 14.6. The number of hydrogen-bond acceptors (Lipinski definition) is 10. The molecule has 2 aromatic heterocycles.